The van der Waals surface area contributed by atoms with Crippen LogP contribution in [0.15, 0.2) is 89.0 Å². The van der Waals surface area contributed by atoms with Crippen molar-refractivity contribution in [2.45, 2.75) is 0 Å². The predicted molar refractivity (Wildman–Crippen MR) is 98.6 cm³/mol. The van der Waals surface area contributed by atoms with Crippen LogP contribution < -0.4 is 10.8 Å². The SMILES string of the molecule is O=NB(N=O)c1ccc(Nc2ccccc2-c2ccccc2)cc1. The molecule has 1 N–H and O–H groups in total. The van der Waals surface area contributed by atoms with E-state index < -0.39 is 6.98 Å². The van der Waals surface area contributed by atoms with E-state index in [9.17, 15) is 9.81 Å². The topological polar surface area (TPSA) is 70.9 Å². The summed E-state index contributed by atoms with van der Waals surface area (Å²) in [4.78, 5) is 21.1. The lowest BCUT2D eigenvalue weighted by atomic mass is 9.71. The van der Waals surface area contributed by atoms with E-state index in [1.165, 1.54) is 0 Å². The molecule has 3 aromatic rings. The van der Waals surface area contributed by atoms with Gasteiger partial charge in [0, 0.05) is 16.9 Å². The van der Waals surface area contributed by atoms with Crippen LogP contribution in [0.2, 0.25) is 0 Å². The summed E-state index contributed by atoms with van der Waals surface area (Å²) in [6, 6.07) is 25.0. The highest BCUT2D eigenvalue weighted by molar-refractivity contribution is 6.69. The van der Waals surface area contributed by atoms with Crippen molar-refractivity contribution < 1.29 is 0 Å². The third-order valence-corrected chi connectivity index (χ3v) is 3.70. The fraction of sp³-hybridized carbons (Fsp3) is 0. The van der Waals surface area contributed by atoms with E-state index in [1.807, 2.05) is 36.4 Å². The molecule has 0 aromatic heterocycles. The fourth-order valence-corrected chi connectivity index (χ4v) is 2.50. The number of hydrogen-bond acceptors (Lipinski definition) is 5. The molecule has 0 spiro atoms. The molecule has 0 saturated carbocycles. The lowest BCUT2D eigenvalue weighted by Gasteiger charge is -2.12. The number of nitrogens with zero attached hydrogens (tertiary/aromatic N) is 2. The number of hydrogen-bond donors (Lipinski definition) is 1. The Morgan fingerprint density at radius 1 is 0.708 bits per heavy atom. The lowest BCUT2D eigenvalue weighted by molar-refractivity contribution is 1.53. The summed E-state index contributed by atoms with van der Waals surface area (Å²) >= 11 is 0. The molecular formula is C18H14BN3O2. The van der Waals surface area contributed by atoms with Gasteiger partial charge in [0.1, 0.15) is 0 Å². The van der Waals surface area contributed by atoms with Crippen molar-refractivity contribution in [1.29, 1.82) is 0 Å². The van der Waals surface area contributed by atoms with E-state index >= 15 is 0 Å². The minimum absolute atomic E-state index is 0.474. The highest BCUT2D eigenvalue weighted by Crippen LogP contribution is 2.29. The predicted octanol–water partition coefficient (Wildman–Crippen LogP) is 4.33. The van der Waals surface area contributed by atoms with Crippen LogP contribution in [0.1, 0.15) is 0 Å². The van der Waals surface area contributed by atoms with Crippen LogP contribution in [0.5, 0.6) is 0 Å². The molecule has 0 atom stereocenters. The number of para-hydroxylation sites is 1. The average Bonchev–Trinajstić information content (AvgIpc) is 2.65. The minimum atomic E-state index is -1.20. The van der Waals surface area contributed by atoms with E-state index in [4.69, 9.17) is 0 Å². The highest BCUT2D eigenvalue weighted by atomic mass is 16.3. The van der Waals surface area contributed by atoms with Gasteiger partial charge < -0.3 is 5.32 Å². The van der Waals surface area contributed by atoms with Crippen LogP contribution in [0.25, 0.3) is 11.1 Å². The van der Waals surface area contributed by atoms with Gasteiger partial charge in [-0.15, -0.1) is 0 Å². The fourth-order valence-electron chi connectivity index (χ4n) is 2.50. The molecule has 0 radical (unpaired) electrons. The molecule has 0 aliphatic heterocycles. The average molecular weight is 315 g/mol. The van der Waals surface area contributed by atoms with Crippen LogP contribution in [0.3, 0.4) is 0 Å². The molecule has 0 fully saturated rings. The summed E-state index contributed by atoms with van der Waals surface area (Å²) in [5.41, 5.74) is 4.49. The second-order valence-corrected chi connectivity index (χ2v) is 5.24. The van der Waals surface area contributed by atoms with E-state index in [0.29, 0.717) is 5.46 Å². The summed E-state index contributed by atoms with van der Waals surface area (Å²) in [5, 5.41) is 8.74. The first-order valence-corrected chi connectivity index (χ1v) is 7.48. The zero-order valence-electron chi connectivity index (χ0n) is 12.8. The number of anilines is 2. The number of rotatable bonds is 6. The minimum Gasteiger partial charge on any atom is -0.355 e. The van der Waals surface area contributed by atoms with E-state index in [2.05, 4.69) is 33.7 Å². The molecule has 3 rings (SSSR count). The Morgan fingerprint density at radius 3 is 2.00 bits per heavy atom. The Bertz CT molecular complexity index is 830. The summed E-state index contributed by atoms with van der Waals surface area (Å²) in [6.07, 6.45) is 0. The first kappa shape index (κ1) is 15.6. The van der Waals surface area contributed by atoms with Crippen LogP contribution >= 0.6 is 0 Å². The molecule has 0 heterocycles. The summed E-state index contributed by atoms with van der Waals surface area (Å²) in [6.45, 7) is -1.20. The van der Waals surface area contributed by atoms with Crippen LogP contribution in [-0.2, 0) is 0 Å². The molecule has 0 bridgehead atoms. The van der Waals surface area contributed by atoms with Gasteiger partial charge in [0.05, 0.1) is 0 Å². The van der Waals surface area contributed by atoms with Crippen molar-refractivity contribution in [3.05, 3.63) is 88.7 Å². The second-order valence-electron chi connectivity index (χ2n) is 5.24. The molecular weight excluding hydrogens is 301 g/mol. The molecule has 24 heavy (non-hydrogen) atoms. The van der Waals surface area contributed by atoms with Gasteiger partial charge in [-0.2, -0.15) is 9.81 Å². The first-order valence-electron chi connectivity index (χ1n) is 7.48. The quantitative estimate of drug-likeness (QED) is 0.544. The molecule has 5 nitrogen and oxygen atoms in total. The van der Waals surface area contributed by atoms with Crippen LogP contribution in [0.4, 0.5) is 11.4 Å². The molecule has 0 amide bonds. The molecule has 0 aliphatic carbocycles. The van der Waals surface area contributed by atoms with Gasteiger partial charge in [0.25, 0.3) is 0 Å². The molecule has 0 unspecified atom stereocenters. The zero-order valence-corrected chi connectivity index (χ0v) is 12.8. The third kappa shape index (κ3) is 3.38. The number of benzene rings is 3. The third-order valence-electron chi connectivity index (χ3n) is 3.70. The normalized spacial score (nSPS) is 10.0. The van der Waals surface area contributed by atoms with Crippen molar-refractivity contribution in [3.63, 3.8) is 0 Å². The second kappa shape index (κ2) is 7.33. The van der Waals surface area contributed by atoms with Crippen molar-refractivity contribution >= 4 is 23.8 Å². The van der Waals surface area contributed by atoms with Crippen molar-refractivity contribution in [2.24, 2.45) is 10.2 Å². The number of nitroso groups, excluding NO2 is 2. The van der Waals surface area contributed by atoms with Gasteiger partial charge in [0.15, 0.2) is 0 Å². The van der Waals surface area contributed by atoms with Gasteiger partial charge in [0.2, 0.25) is 0 Å². The number of nitrogens with one attached hydrogen (secondary N) is 1. The summed E-state index contributed by atoms with van der Waals surface area (Å²) < 4.78 is 0. The molecule has 3 aromatic carbocycles. The largest absolute Gasteiger partial charge is 0.548 e. The van der Waals surface area contributed by atoms with Gasteiger partial charge in [-0.1, -0.05) is 70.8 Å². The Morgan fingerprint density at radius 2 is 1.33 bits per heavy atom. The molecule has 0 saturated heterocycles. The Labute approximate surface area is 139 Å². The van der Waals surface area contributed by atoms with E-state index in [1.54, 1.807) is 24.3 Å². The van der Waals surface area contributed by atoms with E-state index in [0.717, 1.165) is 22.5 Å². The van der Waals surface area contributed by atoms with Crippen molar-refractivity contribution in [1.82, 2.24) is 0 Å². The van der Waals surface area contributed by atoms with Crippen molar-refractivity contribution in [3.8, 4) is 11.1 Å². The zero-order chi connectivity index (χ0) is 16.8. The summed E-state index contributed by atoms with van der Waals surface area (Å²) in [5.74, 6) is 0. The van der Waals surface area contributed by atoms with Crippen molar-refractivity contribution in [2.75, 3.05) is 5.32 Å². The first-order chi connectivity index (χ1) is 11.8. The maximum absolute atomic E-state index is 10.6. The van der Waals surface area contributed by atoms with Gasteiger partial charge in [-0.3, -0.25) is 0 Å². The lowest BCUT2D eigenvalue weighted by Crippen LogP contribution is -2.25. The van der Waals surface area contributed by atoms with Gasteiger partial charge >= 0.3 is 6.98 Å². The van der Waals surface area contributed by atoms with Crippen LogP contribution in [-0.4, -0.2) is 6.98 Å². The van der Waals surface area contributed by atoms with E-state index in [-0.39, 0.29) is 0 Å². The van der Waals surface area contributed by atoms with Crippen LogP contribution in [0, 0.1) is 9.81 Å². The molecule has 6 heteroatoms. The Kier molecular flexibility index (Phi) is 4.77. The maximum atomic E-state index is 10.6. The highest BCUT2D eigenvalue weighted by Gasteiger charge is 2.20. The molecule has 0 aliphatic rings. The standard InChI is InChI=1S/C18H14BN3O2/c23-21-19(22-24)15-10-12-16(13-11-15)20-18-9-5-4-8-17(18)14-6-2-1-3-7-14/h1-13,20H. The Balaban J connectivity index is 1.87. The summed E-state index contributed by atoms with van der Waals surface area (Å²) in [7, 11) is 0. The smallest absolute Gasteiger partial charge is 0.355 e. The monoisotopic (exact) mass is 315 g/mol. The molecule has 116 valence electrons. The van der Waals surface area contributed by atoms with Gasteiger partial charge in [-0.05, 0) is 29.2 Å². The maximum Gasteiger partial charge on any atom is 0.548 e. The Hall–Kier alpha value is -3.28. The van der Waals surface area contributed by atoms with Gasteiger partial charge in [-0.25, -0.2) is 0 Å².